The van der Waals surface area contributed by atoms with E-state index in [4.69, 9.17) is 14.5 Å². The fraction of sp³-hybridized carbons (Fsp3) is 0.156. The van der Waals surface area contributed by atoms with Crippen molar-refractivity contribution in [1.29, 1.82) is 0 Å². The lowest BCUT2D eigenvalue weighted by Crippen LogP contribution is -2.40. The second-order valence-electron chi connectivity index (χ2n) is 9.34. The maximum absolute atomic E-state index is 14.1. The zero-order valence-electron chi connectivity index (χ0n) is 23.0. The van der Waals surface area contributed by atoms with Crippen LogP contribution in [0.3, 0.4) is 0 Å². The van der Waals surface area contributed by atoms with E-state index in [1.807, 2.05) is 43.3 Å². The molecule has 1 amide bonds. The molecule has 3 aromatic carbocycles. The Bertz CT molecular complexity index is 1880. The Morgan fingerprint density at radius 3 is 2.67 bits per heavy atom. The molecule has 5 rings (SSSR count). The highest BCUT2D eigenvalue weighted by atomic mass is 79.9. The molecular formula is C32H28BrN3O5S. The Morgan fingerprint density at radius 2 is 1.93 bits per heavy atom. The molecule has 8 nitrogen and oxygen atoms in total. The number of aromatic nitrogens is 1. The maximum Gasteiger partial charge on any atom is 0.271 e. The summed E-state index contributed by atoms with van der Waals surface area (Å²) in [5.41, 5.74) is 2.37. The molecule has 0 aliphatic carbocycles. The van der Waals surface area contributed by atoms with Gasteiger partial charge in [-0.3, -0.25) is 14.2 Å². The highest BCUT2D eigenvalue weighted by Crippen LogP contribution is 2.36. The molecule has 0 radical (unpaired) electrons. The van der Waals surface area contributed by atoms with Gasteiger partial charge < -0.3 is 19.9 Å². The van der Waals surface area contributed by atoms with Crippen molar-refractivity contribution >= 4 is 44.9 Å². The topological polar surface area (TPSA) is 102 Å². The monoisotopic (exact) mass is 645 g/mol. The molecule has 0 bridgehead atoms. The quantitative estimate of drug-likeness (QED) is 0.240. The van der Waals surface area contributed by atoms with Crippen LogP contribution in [0.25, 0.3) is 6.08 Å². The third kappa shape index (κ3) is 5.95. The van der Waals surface area contributed by atoms with Crippen molar-refractivity contribution in [2.75, 3.05) is 18.5 Å². The number of para-hydroxylation sites is 1. The summed E-state index contributed by atoms with van der Waals surface area (Å²) >= 11 is 4.72. The number of anilines is 1. The first-order chi connectivity index (χ1) is 20.3. The number of carbonyl (C=O) groups excluding carboxylic acids is 1. The molecule has 0 fully saturated rings. The maximum atomic E-state index is 14.1. The number of carbonyl (C=O) groups is 1. The van der Waals surface area contributed by atoms with Crippen LogP contribution >= 0.6 is 27.3 Å². The fourth-order valence-corrected chi connectivity index (χ4v) is 6.09. The lowest BCUT2D eigenvalue weighted by atomic mass is 9.94. The number of phenols is 1. The largest absolute Gasteiger partial charge is 0.504 e. The molecule has 1 aliphatic rings. The molecule has 0 unspecified atom stereocenters. The number of benzene rings is 3. The number of hydrogen-bond donors (Lipinski definition) is 2. The third-order valence-corrected chi connectivity index (χ3v) is 7.99. The van der Waals surface area contributed by atoms with Crippen LogP contribution in [0.2, 0.25) is 0 Å². The smallest absolute Gasteiger partial charge is 0.271 e. The molecule has 4 aromatic rings. The summed E-state index contributed by atoms with van der Waals surface area (Å²) in [6, 6.07) is 18.7. The van der Waals surface area contributed by atoms with E-state index in [0.717, 1.165) is 4.47 Å². The number of allylic oxidation sites excluding steroid dienone is 1. The second-order valence-corrected chi connectivity index (χ2v) is 11.3. The number of aromatic hydroxyl groups is 1. The van der Waals surface area contributed by atoms with Gasteiger partial charge in [-0.15, -0.1) is 0 Å². The average molecular weight is 647 g/mol. The summed E-state index contributed by atoms with van der Waals surface area (Å²) in [4.78, 5) is 33.0. The lowest BCUT2D eigenvalue weighted by Gasteiger charge is -2.26. The van der Waals surface area contributed by atoms with Crippen molar-refractivity contribution < 1.29 is 19.4 Å². The van der Waals surface area contributed by atoms with E-state index in [9.17, 15) is 14.7 Å². The minimum Gasteiger partial charge on any atom is -0.504 e. The number of fused-ring (bicyclic) bond motifs is 1. The van der Waals surface area contributed by atoms with Gasteiger partial charge in [-0.1, -0.05) is 64.2 Å². The van der Waals surface area contributed by atoms with Crippen molar-refractivity contribution in [2.45, 2.75) is 19.9 Å². The number of phenolic OH excluding ortho intramolecular Hbond substituents is 1. The van der Waals surface area contributed by atoms with Gasteiger partial charge in [-0.05, 0) is 68.0 Å². The van der Waals surface area contributed by atoms with Crippen LogP contribution in [0, 0.1) is 0 Å². The van der Waals surface area contributed by atoms with Crippen molar-refractivity contribution in [3.05, 3.63) is 126 Å². The molecular weight excluding hydrogens is 618 g/mol. The third-order valence-electron chi connectivity index (χ3n) is 6.51. The molecule has 10 heteroatoms. The number of halogens is 1. The van der Waals surface area contributed by atoms with E-state index >= 15 is 0 Å². The summed E-state index contributed by atoms with van der Waals surface area (Å²) in [6.07, 6.45) is 3.41. The highest BCUT2D eigenvalue weighted by Gasteiger charge is 2.33. The molecule has 1 aromatic heterocycles. The van der Waals surface area contributed by atoms with Gasteiger partial charge in [-0.2, -0.15) is 0 Å². The molecule has 0 saturated heterocycles. The second kappa shape index (κ2) is 12.6. The predicted octanol–water partition coefficient (Wildman–Crippen LogP) is 5.31. The molecule has 42 heavy (non-hydrogen) atoms. The zero-order valence-corrected chi connectivity index (χ0v) is 25.4. The van der Waals surface area contributed by atoms with Crippen molar-refractivity contribution in [3.8, 4) is 17.2 Å². The first-order valence-electron chi connectivity index (χ1n) is 13.2. The standard InChI is InChI=1S/C32H28BrN3O5S/c1-4-15-41-25-14-12-22(33)16-21(25)18-27-31(39)36-29(20-11-13-24(37)26(17-20)40-5-2)28(19(3)34-32(36)42-27)30(38)35-23-9-7-6-8-10-23/h4,6-14,16-18,29,37H,1,5,15H2,2-3H3,(H,35,38)/b27-18-/t29-/m1/s1. The Morgan fingerprint density at radius 1 is 1.14 bits per heavy atom. The van der Waals surface area contributed by atoms with Gasteiger partial charge in [0.1, 0.15) is 12.4 Å². The molecule has 0 saturated carbocycles. The molecule has 1 aliphatic heterocycles. The number of ether oxygens (including phenoxy) is 2. The van der Waals surface area contributed by atoms with Gasteiger partial charge in [-0.25, -0.2) is 4.99 Å². The summed E-state index contributed by atoms with van der Waals surface area (Å²) in [5.74, 6) is 0.429. The van der Waals surface area contributed by atoms with Crippen LogP contribution < -0.4 is 29.7 Å². The van der Waals surface area contributed by atoms with Crippen LogP contribution in [0.15, 0.2) is 105 Å². The Kier molecular flexibility index (Phi) is 8.75. The number of nitrogens with zero attached hydrogens (tertiary/aromatic N) is 2. The number of amides is 1. The summed E-state index contributed by atoms with van der Waals surface area (Å²) in [7, 11) is 0. The van der Waals surface area contributed by atoms with E-state index in [1.54, 1.807) is 43.3 Å². The number of thiazole rings is 1. The lowest BCUT2D eigenvalue weighted by molar-refractivity contribution is -0.113. The number of hydrogen-bond acceptors (Lipinski definition) is 7. The molecule has 1 atom stereocenters. The van der Waals surface area contributed by atoms with Crippen LogP contribution in [-0.4, -0.2) is 28.8 Å². The van der Waals surface area contributed by atoms with Gasteiger partial charge in [0.05, 0.1) is 28.5 Å². The minimum absolute atomic E-state index is 0.0364. The molecule has 0 spiro atoms. The van der Waals surface area contributed by atoms with Crippen LogP contribution in [-0.2, 0) is 4.79 Å². The predicted molar refractivity (Wildman–Crippen MR) is 168 cm³/mol. The Hall–Kier alpha value is -4.41. The highest BCUT2D eigenvalue weighted by molar-refractivity contribution is 9.10. The van der Waals surface area contributed by atoms with Crippen LogP contribution in [0.1, 0.15) is 31.0 Å². The minimum atomic E-state index is -0.828. The van der Waals surface area contributed by atoms with Gasteiger partial charge in [0.2, 0.25) is 0 Å². The Balaban J connectivity index is 1.70. The van der Waals surface area contributed by atoms with E-state index in [0.29, 0.717) is 56.4 Å². The van der Waals surface area contributed by atoms with Crippen molar-refractivity contribution in [3.63, 3.8) is 0 Å². The van der Waals surface area contributed by atoms with Crippen molar-refractivity contribution in [2.24, 2.45) is 4.99 Å². The first kappa shape index (κ1) is 29.1. The normalized spacial score (nSPS) is 14.6. The molecule has 2 heterocycles. The molecule has 2 N–H and O–H groups in total. The van der Waals surface area contributed by atoms with E-state index < -0.39 is 6.04 Å². The first-order valence-corrected chi connectivity index (χ1v) is 14.8. The number of nitrogens with one attached hydrogen (secondary N) is 1. The van der Waals surface area contributed by atoms with Crippen LogP contribution in [0.5, 0.6) is 17.2 Å². The SMILES string of the molecule is C=CCOc1ccc(Br)cc1/C=c1\sc2n(c1=O)[C@H](c1ccc(O)c(OCC)c1)C(C(=O)Nc1ccccc1)=C(C)N=2. The zero-order chi connectivity index (χ0) is 29.8. The summed E-state index contributed by atoms with van der Waals surface area (Å²) < 4.78 is 14.2. The summed E-state index contributed by atoms with van der Waals surface area (Å²) in [6.45, 7) is 7.92. The van der Waals surface area contributed by atoms with Gasteiger partial charge in [0, 0.05) is 15.7 Å². The van der Waals surface area contributed by atoms with E-state index in [2.05, 4.69) is 27.8 Å². The van der Waals surface area contributed by atoms with Gasteiger partial charge >= 0.3 is 0 Å². The number of rotatable bonds is 9. The van der Waals surface area contributed by atoms with Crippen molar-refractivity contribution in [1.82, 2.24) is 4.57 Å². The van der Waals surface area contributed by atoms with E-state index in [1.165, 1.54) is 22.0 Å². The van der Waals surface area contributed by atoms with Gasteiger partial charge in [0.25, 0.3) is 11.5 Å². The summed E-state index contributed by atoms with van der Waals surface area (Å²) in [5, 5.41) is 13.3. The van der Waals surface area contributed by atoms with Gasteiger partial charge in [0.15, 0.2) is 16.3 Å². The fourth-order valence-electron chi connectivity index (χ4n) is 4.67. The average Bonchev–Trinajstić information content (AvgIpc) is 3.27. The van der Waals surface area contributed by atoms with E-state index in [-0.39, 0.29) is 23.0 Å². The van der Waals surface area contributed by atoms with Crippen LogP contribution in [0.4, 0.5) is 5.69 Å². The molecule has 214 valence electrons. The Labute approximate surface area is 254 Å².